The van der Waals surface area contributed by atoms with Crippen LogP contribution in [0.2, 0.25) is 5.15 Å². The molecule has 0 aliphatic carbocycles. The van der Waals surface area contributed by atoms with Gasteiger partial charge in [0.05, 0.1) is 23.0 Å². The van der Waals surface area contributed by atoms with Gasteiger partial charge < -0.3 is 10.5 Å². The largest absolute Gasteiger partial charge is 0.439 e. The highest BCUT2D eigenvalue weighted by atomic mass is 35.5. The Labute approximate surface area is 178 Å². The van der Waals surface area contributed by atoms with Crippen molar-refractivity contribution in [2.24, 2.45) is 12.8 Å². The first-order valence-electron chi connectivity index (χ1n) is 9.12. The second-order valence-electron chi connectivity index (χ2n) is 6.48. The average Bonchev–Trinajstić information content (AvgIpc) is 3.14. The summed E-state index contributed by atoms with van der Waals surface area (Å²) in [6, 6.07) is 18.3. The summed E-state index contributed by atoms with van der Waals surface area (Å²) in [5.41, 5.74) is 9.62. The number of benzene rings is 1. The van der Waals surface area contributed by atoms with Crippen LogP contribution in [0, 0.1) is 11.3 Å². The molecule has 0 saturated carbocycles. The molecule has 0 spiro atoms. The summed E-state index contributed by atoms with van der Waals surface area (Å²) in [6.07, 6.45) is 1.71. The summed E-state index contributed by atoms with van der Waals surface area (Å²) < 4.78 is 7.77. The molecule has 3 aromatic heterocycles. The summed E-state index contributed by atoms with van der Waals surface area (Å²) in [4.78, 5) is 8.76. The Kier molecular flexibility index (Phi) is 5.44. The van der Waals surface area contributed by atoms with Gasteiger partial charge in [0.1, 0.15) is 16.6 Å². The molecule has 7 nitrogen and oxygen atoms in total. The second-order valence-corrected chi connectivity index (χ2v) is 6.84. The van der Waals surface area contributed by atoms with E-state index in [0.717, 1.165) is 11.3 Å². The third-order valence-corrected chi connectivity index (χ3v) is 4.84. The lowest BCUT2D eigenvalue weighted by Crippen LogP contribution is -2.00. The van der Waals surface area contributed by atoms with Crippen LogP contribution < -0.4 is 10.5 Å². The predicted molar refractivity (Wildman–Crippen MR) is 114 cm³/mol. The van der Waals surface area contributed by atoms with Gasteiger partial charge in [0.2, 0.25) is 5.88 Å². The van der Waals surface area contributed by atoms with E-state index in [-0.39, 0.29) is 0 Å². The van der Waals surface area contributed by atoms with E-state index in [1.54, 1.807) is 42.2 Å². The number of hydrogen-bond acceptors (Lipinski definition) is 6. The molecule has 8 heteroatoms. The second kappa shape index (κ2) is 8.33. The molecule has 148 valence electrons. The van der Waals surface area contributed by atoms with E-state index in [2.05, 4.69) is 21.1 Å². The maximum atomic E-state index is 9.33. The van der Waals surface area contributed by atoms with Crippen LogP contribution >= 0.6 is 11.6 Å². The van der Waals surface area contributed by atoms with E-state index < -0.39 is 0 Å². The van der Waals surface area contributed by atoms with Gasteiger partial charge in [0, 0.05) is 37.0 Å². The molecule has 2 N–H and O–H groups in total. The first-order valence-corrected chi connectivity index (χ1v) is 9.50. The maximum absolute atomic E-state index is 9.33. The molecule has 4 rings (SSSR count). The molecule has 30 heavy (non-hydrogen) atoms. The number of ether oxygens (including phenoxy) is 1. The molecule has 0 fully saturated rings. The monoisotopic (exact) mass is 416 g/mol. The van der Waals surface area contributed by atoms with Crippen LogP contribution in [0.3, 0.4) is 0 Å². The van der Waals surface area contributed by atoms with Crippen molar-refractivity contribution >= 4 is 11.6 Å². The molecule has 4 aromatic rings. The van der Waals surface area contributed by atoms with E-state index in [9.17, 15) is 5.26 Å². The first kappa shape index (κ1) is 19.6. The van der Waals surface area contributed by atoms with Crippen LogP contribution in [0.5, 0.6) is 11.6 Å². The molecule has 0 atom stereocenters. The summed E-state index contributed by atoms with van der Waals surface area (Å²) in [7, 11) is 1.78. The van der Waals surface area contributed by atoms with Crippen LogP contribution in [0.15, 0.2) is 60.8 Å². The molecule has 0 unspecified atom stereocenters. The van der Waals surface area contributed by atoms with Crippen molar-refractivity contribution in [3.63, 3.8) is 0 Å². The topological polar surface area (TPSA) is 103 Å². The maximum Gasteiger partial charge on any atom is 0.218 e. The van der Waals surface area contributed by atoms with E-state index in [4.69, 9.17) is 22.1 Å². The highest BCUT2D eigenvalue weighted by Gasteiger charge is 2.15. The number of pyridine rings is 2. The Balaban J connectivity index is 1.75. The fraction of sp³-hybridized carbons (Fsp3) is 0.0909. The van der Waals surface area contributed by atoms with Crippen molar-refractivity contribution in [1.29, 1.82) is 5.26 Å². The van der Waals surface area contributed by atoms with Crippen LogP contribution in [0.25, 0.3) is 22.6 Å². The van der Waals surface area contributed by atoms with Crippen molar-refractivity contribution < 1.29 is 4.74 Å². The lowest BCUT2D eigenvalue weighted by molar-refractivity contribution is 0.432. The SMILES string of the molecule is Cn1nc(-c2ccccn2)cc1Oc1cc(C#N)ccc1-c1ccc(CN)c(Cl)n1. The van der Waals surface area contributed by atoms with Gasteiger partial charge in [-0.1, -0.05) is 23.7 Å². The molecular formula is C22H17ClN6O. The predicted octanol–water partition coefficient (Wildman–Crippen LogP) is 4.32. The van der Waals surface area contributed by atoms with Crippen LogP contribution in [0.1, 0.15) is 11.1 Å². The van der Waals surface area contributed by atoms with Gasteiger partial charge in [0.25, 0.3) is 0 Å². The van der Waals surface area contributed by atoms with Crippen LogP contribution in [-0.2, 0) is 13.6 Å². The van der Waals surface area contributed by atoms with Crippen molar-refractivity contribution in [3.05, 3.63) is 77.1 Å². The normalized spacial score (nSPS) is 10.6. The lowest BCUT2D eigenvalue weighted by atomic mass is 10.1. The third kappa shape index (κ3) is 3.87. The number of nitrogens with two attached hydrogens (primary N) is 1. The highest BCUT2D eigenvalue weighted by Crippen LogP contribution is 2.35. The number of nitriles is 1. The summed E-state index contributed by atoms with van der Waals surface area (Å²) in [5, 5.41) is 14.1. The Morgan fingerprint density at radius 1 is 1.10 bits per heavy atom. The Bertz CT molecular complexity index is 1250. The molecule has 0 aliphatic heterocycles. The van der Waals surface area contributed by atoms with Gasteiger partial charge in [-0.15, -0.1) is 0 Å². The quantitative estimate of drug-likeness (QED) is 0.486. The molecule has 0 radical (unpaired) electrons. The number of aryl methyl sites for hydroxylation is 1. The van der Waals surface area contributed by atoms with Gasteiger partial charge in [-0.25, -0.2) is 9.67 Å². The number of hydrogen-bond donors (Lipinski definition) is 1. The Morgan fingerprint density at radius 3 is 2.67 bits per heavy atom. The Morgan fingerprint density at radius 2 is 1.97 bits per heavy atom. The van der Waals surface area contributed by atoms with Crippen LogP contribution in [0.4, 0.5) is 0 Å². The van der Waals surface area contributed by atoms with Gasteiger partial charge in [-0.2, -0.15) is 10.4 Å². The Hall–Kier alpha value is -3.73. The fourth-order valence-electron chi connectivity index (χ4n) is 2.95. The molecule has 1 aromatic carbocycles. The van der Waals surface area contributed by atoms with Gasteiger partial charge in [0.15, 0.2) is 0 Å². The molecule has 0 amide bonds. The lowest BCUT2D eigenvalue weighted by Gasteiger charge is -2.12. The van der Waals surface area contributed by atoms with Crippen molar-refractivity contribution in [2.45, 2.75) is 6.54 Å². The average molecular weight is 417 g/mol. The summed E-state index contributed by atoms with van der Waals surface area (Å²) in [6.45, 7) is 0.300. The van der Waals surface area contributed by atoms with Gasteiger partial charge in [-0.05, 0) is 36.4 Å². The third-order valence-electron chi connectivity index (χ3n) is 4.51. The van der Waals surface area contributed by atoms with E-state index in [1.165, 1.54) is 0 Å². The van der Waals surface area contributed by atoms with Crippen molar-refractivity contribution in [3.8, 4) is 40.3 Å². The zero-order valence-electron chi connectivity index (χ0n) is 16.1. The van der Waals surface area contributed by atoms with Crippen molar-refractivity contribution in [2.75, 3.05) is 0 Å². The van der Waals surface area contributed by atoms with Gasteiger partial charge >= 0.3 is 0 Å². The van der Waals surface area contributed by atoms with Crippen LogP contribution in [-0.4, -0.2) is 19.7 Å². The fourth-order valence-corrected chi connectivity index (χ4v) is 3.18. The first-order chi connectivity index (χ1) is 14.6. The number of aromatic nitrogens is 4. The van der Waals surface area contributed by atoms with Crippen molar-refractivity contribution in [1.82, 2.24) is 19.7 Å². The van der Waals surface area contributed by atoms with Gasteiger partial charge in [-0.3, -0.25) is 4.98 Å². The molecular weight excluding hydrogens is 400 g/mol. The smallest absolute Gasteiger partial charge is 0.218 e. The zero-order valence-corrected chi connectivity index (χ0v) is 16.8. The number of halogens is 1. The minimum Gasteiger partial charge on any atom is -0.439 e. The van der Waals surface area contributed by atoms with E-state index in [0.29, 0.717) is 45.8 Å². The molecule has 0 aliphatic rings. The summed E-state index contributed by atoms with van der Waals surface area (Å²) >= 11 is 6.24. The minimum absolute atomic E-state index is 0.300. The van der Waals surface area contributed by atoms with E-state index >= 15 is 0 Å². The zero-order chi connectivity index (χ0) is 21.1. The molecule has 0 saturated heterocycles. The number of nitrogens with zero attached hydrogens (tertiary/aromatic N) is 5. The standard InChI is InChI=1S/C22H17ClN6O/c1-29-21(11-19(28-29)18-4-2-3-9-26-18)30-20-10-14(12-24)5-7-16(20)17-8-6-15(13-25)22(23)27-17/h2-11H,13,25H2,1H3. The van der Waals surface area contributed by atoms with E-state index in [1.807, 2.05) is 30.3 Å². The number of rotatable bonds is 5. The minimum atomic E-state index is 0.300. The molecule has 0 bridgehead atoms. The summed E-state index contributed by atoms with van der Waals surface area (Å²) in [5.74, 6) is 0.963. The highest BCUT2D eigenvalue weighted by molar-refractivity contribution is 6.30. The molecule has 3 heterocycles.